The quantitative estimate of drug-likeness (QED) is 0.721. The molecule has 4 rings (SSSR count). The van der Waals surface area contributed by atoms with Crippen LogP contribution in [0.15, 0.2) is 42.1 Å². The Kier molecular flexibility index (Phi) is 4.93. The number of carbonyl (C=O) groups is 4. The molecule has 0 radical (unpaired) electrons. The van der Waals surface area contributed by atoms with Gasteiger partial charge in [0.2, 0.25) is 11.8 Å². The van der Waals surface area contributed by atoms with Crippen LogP contribution in [0.3, 0.4) is 0 Å². The minimum atomic E-state index is -0.975. The van der Waals surface area contributed by atoms with Crippen LogP contribution in [0.25, 0.3) is 10.6 Å². The number of nitrogens with one attached hydrogen (secondary N) is 1. The Balaban J connectivity index is 1.46. The molecule has 9 nitrogen and oxygen atoms in total. The lowest BCUT2D eigenvalue weighted by molar-refractivity contribution is -0.150. The van der Waals surface area contributed by atoms with E-state index in [0.717, 1.165) is 15.5 Å². The highest BCUT2D eigenvalue weighted by molar-refractivity contribution is 7.09. The average Bonchev–Trinajstić information content (AvgIpc) is 3.28. The summed E-state index contributed by atoms with van der Waals surface area (Å²) in [6.07, 6.45) is 1.42. The second-order valence-corrected chi connectivity index (χ2v) is 7.50. The number of imide groups is 2. The summed E-state index contributed by atoms with van der Waals surface area (Å²) in [7, 11) is 1.66. The first kappa shape index (κ1) is 18.9. The lowest BCUT2D eigenvalue weighted by atomic mass is 10.0. The third-order valence-corrected chi connectivity index (χ3v) is 5.54. The molecule has 1 N–H and O–H groups in total. The van der Waals surface area contributed by atoms with Gasteiger partial charge in [0.25, 0.3) is 11.8 Å². The zero-order chi connectivity index (χ0) is 20.5. The van der Waals surface area contributed by atoms with Gasteiger partial charge in [-0.3, -0.25) is 29.4 Å². The summed E-state index contributed by atoms with van der Waals surface area (Å²) in [5.41, 5.74) is 1.12. The Morgan fingerprint density at radius 2 is 1.97 bits per heavy atom. The number of piperidine rings is 1. The number of aromatic nitrogens is 2. The second kappa shape index (κ2) is 7.55. The number of rotatable bonds is 5. The summed E-state index contributed by atoms with van der Waals surface area (Å²) in [5.74, 6) is -1.64. The summed E-state index contributed by atoms with van der Waals surface area (Å²) in [6.45, 7) is 0.234. The van der Waals surface area contributed by atoms with Crippen LogP contribution >= 0.6 is 11.5 Å². The van der Waals surface area contributed by atoms with Gasteiger partial charge in [-0.05, 0) is 18.0 Å². The monoisotopic (exact) mass is 411 g/mol. The zero-order valence-electron chi connectivity index (χ0n) is 15.5. The fourth-order valence-electron chi connectivity index (χ4n) is 3.28. The van der Waals surface area contributed by atoms with Crippen LogP contribution in [-0.4, -0.2) is 55.9 Å². The van der Waals surface area contributed by atoms with Gasteiger partial charge in [-0.2, -0.15) is 4.37 Å². The van der Waals surface area contributed by atoms with Crippen molar-refractivity contribution in [3.8, 4) is 10.6 Å². The Morgan fingerprint density at radius 1 is 1.21 bits per heavy atom. The third-order valence-electron chi connectivity index (χ3n) is 4.74. The fourth-order valence-corrected chi connectivity index (χ4v) is 3.96. The number of benzene rings is 1. The maximum absolute atomic E-state index is 12.8. The first-order valence-corrected chi connectivity index (χ1v) is 9.73. The zero-order valence-corrected chi connectivity index (χ0v) is 16.3. The summed E-state index contributed by atoms with van der Waals surface area (Å²) in [4.78, 5) is 55.5. The maximum atomic E-state index is 12.8. The Bertz CT molecular complexity index is 1030. The minimum absolute atomic E-state index is 0.0870. The van der Waals surface area contributed by atoms with E-state index in [1.807, 2.05) is 30.3 Å². The van der Waals surface area contributed by atoms with Gasteiger partial charge in [0.1, 0.15) is 16.7 Å². The normalized spacial score (nSPS) is 19.4. The van der Waals surface area contributed by atoms with Crippen molar-refractivity contribution in [3.63, 3.8) is 0 Å². The van der Waals surface area contributed by atoms with Gasteiger partial charge < -0.3 is 4.90 Å². The van der Waals surface area contributed by atoms with Crippen molar-refractivity contribution < 1.29 is 19.2 Å². The number of likely N-dealkylation sites (N-methyl/N-ethyl adjacent to an activating group) is 1. The van der Waals surface area contributed by atoms with E-state index in [9.17, 15) is 19.2 Å². The van der Waals surface area contributed by atoms with Crippen LogP contribution in [-0.2, 0) is 25.7 Å². The Labute approximate surface area is 170 Å². The molecule has 1 aromatic heterocycles. The molecule has 2 aliphatic heterocycles. The predicted molar refractivity (Wildman–Crippen MR) is 103 cm³/mol. The molecule has 1 atom stereocenters. The van der Waals surface area contributed by atoms with Gasteiger partial charge in [0, 0.05) is 25.1 Å². The van der Waals surface area contributed by atoms with Crippen molar-refractivity contribution in [2.24, 2.45) is 0 Å². The maximum Gasteiger partial charge on any atom is 0.277 e. The van der Waals surface area contributed by atoms with E-state index in [1.54, 1.807) is 11.9 Å². The van der Waals surface area contributed by atoms with E-state index in [2.05, 4.69) is 14.7 Å². The molecule has 1 aromatic carbocycles. The molecule has 0 spiro atoms. The lowest BCUT2D eigenvalue weighted by Crippen LogP contribution is -2.54. The molecule has 0 saturated carbocycles. The highest BCUT2D eigenvalue weighted by atomic mass is 32.1. The van der Waals surface area contributed by atoms with Crippen LogP contribution in [0, 0.1) is 0 Å². The smallest absolute Gasteiger partial charge is 0.277 e. The first-order chi connectivity index (χ1) is 13.9. The molecule has 0 bridgehead atoms. The summed E-state index contributed by atoms with van der Waals surface area (Å²) >= 11 is 1.26. The van der Waals surface area contributed by atoms with Crippen molar-refractivity contribution in [2.45, 2.75) is 25.4 Å². The number of amides is 4. The van der Waals surface area contributed by atoms with Crippen LogP contribution in [0.4, 0.5) is 0 Å². The highest BCUT2D eigenvalue weighted by Gasteiger charge is 2.43. The molecule has 4 amide bonds. The largest absolute Gasteiger partial charge is 0.362 e. The molecule has 2 aromatic rings. The Morgan fingerprint density at radius 3 is 2.69 bits per heavy atom. The topological polar surface area (TPSA) is 113 Å². The van der Waals surface area contributed by atoms with Gasteiger partial charge in [0.05, 0.1) is 6.54 Å². The van der Waals surface area contributed by atoms with Crippen LogP contribution in [0.5, 0.6) is 0 Å². The average molecular weight is 411 g/mol. The van der Waals surface area contributed by atoms with Crippen molar-refractivity contribution >= 4 is 35.2 Å². The molecule has 3 heterocycles. The van der Waals surface area contributed by atoms with E-state index in [4.69, 9.17) is 0 Å². The van der Waals surface area contributed by atoms with E-state index >= 15 is 0 Å². The SMILES string of the molecule is CN(Cc1nsc(-c2ccccc2)n1)C1=CC(=O)N(C2CCC(=O)NC2=O)C1=O. The molecule has 1 unspecified atom stereocenters. The summed E-state index contributed by atoms with van der Waals surface area (Å²) in [6, 6.07) is 8.65. The predicted octanol–water partition coefficient (Wildman–Crippen LogP) is 0.695. The van der Waals surface area contributed by atoms with Gasteiger partial charge in [0.15, 0.2) is 5.82 Å². The van der Waals surface area contributed by atoms with Gasteiger partial charge in [-0.25, -0.2) is 4.98 Å². The van der Waals surface area contributed by atoms with Crippen molar-refractivity contribution in [1.82, 2.24) is 24.5 Å². The standard InChI is InChI=1S/C19H17N5O4S/c1-23(10-14-20-18(29-22-14)11-5-3-2-4-6-11)13-9-16(26)24(19(13)28)12-7-8-15(25)21-17(12)27/h2-6,9,12H,7-8,10H2,1H3,(H,21,25,27). The number of hydrogen-bond donors (Lipinski definition) is 1. The molecule has 1 saturated heterocycles. The van der Waals surface area contributed by atoms with Gasteiger partial charge >= 0.3 is 0 Å². The highest BCUT2D eigenvalue weighted by Crippen LogP contribution is 2.25. The molecule has 148 valence electrons. The second-order valence-electron chi connectivity index (χ2n) is 6.75. The third kappa shape index (κ3) is 3.66. The first-order valence-electron chi connectivity index (χ1n) is 8.96. The molecule has 2 aliphatic rings. The van der Waals surface area contributed by atoms with Crippen molar-refractivity contribution in [3.05, 3.63) is 47.9 Å². The molecular weight excluding hydrogens is 394 g/mol. The summed E-state index contributed by atoms with van der Waals surface area (Å²) < 4.78 is 4.33. The van der Waals surface area contributed by atoms with E-state index in [1.165, 1.54) is 17.6 Å². The van der Waals surface area contributed by atoms with Gasteiger partial charge in [-0.15, -0.1) is 0 Å². The minimum Gasteiger partial charge on any atom is -0.362 e. The molecule has 29 heavy (non-hydrogen) atoms. The Hall–Kier alpha value is -3.40. The number of hydrogen-bond acceptors (Lipinski definition) is 8. The van der Waals surface area contributed by atoms with Crippen LogP contribution < -0.4 is 5.32 Å². The fraction of sp³-hybridized carbons (Fsp3) is 0.263. The summed E-state index contributed by atoms with van der Waals surface area (Å²) in [5, 5.41) is 2.94. The van der Waals surface area contributed by atoms with Crippen molar-refractivity contribution in [1.29, 1.82) is 0 Å². The molecule has 0 aliphatic carbocycles. The lowest BCUT2D eigenvalue weighted by Gasteiger charge is -2.29. The van der Waals surface area contributed by atoms with Gasteiger partial charge in [-0.1, -0.05) is 30.3 Å². The van der Waals surface area contributed by atoms with Crippen LogP contribution in [0.2, 0.25) is 0 Å². The molecular formula is C19H17N5O4S. The number of nitrogens with zero attached hydrogens (tertiary/aromatic N) is 4. The number of carbonyl (C=O) groups excluding carboxylic acids is 4. The van der Waals surface area contributed by atoms with Crippen LogP contribution in [0.1, 0.15) is 18.7 Å². The molecule has 10 heteroatoms. The molecule has 1 fully saturated rings. The van der Waals surface area contributed by atoms with E-state index in [-0.39, 0.29) is 25.1 Å². The van der Waals surface area contributed by atoms with Crippen molar-refractivity contribution in [2.75, 3.05) is 7.05 Å². The van der Waals surface area contributed by atoms with E-state index < -0.39 is 29.7 Å². The van der Waals surface area contributed by atoms with E-state index in [0.29, 0.717) is 5.82 Å².